The van der Waals surface area contributed by atoms with Crippen molar-refractivity contribution in [2.24, 2.45) is 0 Å². The Hall–Kier alpha value is -3.67. The van der Waals surface area contributed by atoms with Crippen molar-refractivity contribution in [3.8, 4) is 0 Å². The molecule has 1 unspecified atom stereocenters. The monoisotopic (exact) mass is 1130 g/mol. The Morgan fingerprint density at radius 3 is 0.753 bits per heavy atom. The lowest BCUT2D eigenvalue weighted by molar-refractivity contribution is -0.167. The van der Waals surface area contributed by atoms with Gasteiger partial charge in [0.1, 0.15) is 13.2 Å². The molecular formula is C75H130O6. The van der Waals surface area contributed by atoms with E-state index in [1.54, 1.807) is 0 Å². The summed E-state index contributed by atoms with van der Waals surface area (Å²) >= 11 is 0. The minimum atomic E-state index is -0.778. The molecule has 0 aliphatic carbocycles. The molecule has 0 amide bonds. The third-order valence-corrected chi connectivity index (χ3v) is 15.1. The van der Waals surface area contributed by atoms with Gasteiger partial charge in [0.15, 0.2) is 6.10 Å². The second-order valence-corrected chi connectivity index (χ2v) is 23.1. The Bertz CT molecular complexity index is 1580. The van der Waals surface area contributed by atoms with E-state index in [1.807, 2.05) is 0 Å². The first-order valence-corrected chi connectivity index (χ1v) is 34.7. The van der Waals surface area contributed by atoms with Gasteiger partial charge in [0.2, 0.25) is 0 Å². The third-order valence-electron chi connectivity index (χ3n) is 15.1. The molecule has 0 rings (SSSR count). The second kappa shape index (κ2) is 68.8. The van der Waals surface area contributed by atoms with E-state index >= 15 is 0 Å². The maximum Gasteiger partial charge on any atom is 0.306 e. The summed E-state index contributed by atoms with van der Waals surface area (Å²) in [6.45, 7) is 6.55. The van der Waals surface area contributed by atoms with E-state index in [9.17, 15) is 14.4 Å². The molecule has 0 aromatic carbocycles. The number of rotatable bonds is 63. The highest BCUT2D eigenvalue weighted by molar-refractivity contribution is 5.71. The number of esters is 3. The van der Waals surface area contributed by atoms with Crippen molar-refractivity contribution in [3.63, 3.8) is 0 Å². The molecule has 0 aromatic heterocycles. The maximum atomic E-state index is 12.9. The Balaban J connectivity index is 4.20. The molecule has 0 aliphatic rings. The Morgan fingerprint density at radius 1 is 0.259 bits per heavy atom. The second-order valence-electron chi connectivity index (χ2n) is 23.1. The summed E-state index contributed by atoms with van der Waals surface area (Å²) in [5.41, 5.74) is 0. The van der Waals surface area contributed by atoms with E-state index in [4.69, 9.17) is 14.2 Å². The van der Waals surface area contributed by atoms with Gasteiger partial charge >= 0.3 is 17.9 Å². The van der Waals surface area contributed by atoms with Crippen LogP contribution in [0.25, 0.3) is 0 Å². The lowest BCUT2D eigenvalue weighted by Gasteiger charge is -2.18. The minimum Gasteiger partial charge on any atom is -0.462 e. The van der Waals surface area contributed by atoms with Crippen LogP contribution in [0.15, 0.2) is 97.2 Å². The first-order valence-electron chi connectivity index (χ1n) is 34.7. The third kappa shape index (κ3) is 67.0. The fourth-order valence-electron chi connectivity index (χ4n) is 9.93. The fourth-order valence-corrected chi connectivity index (χ4v) is 9.93. The summed E-state index contributed by atoms with van der Waals surface area (Å²) in [5.74, 6) is -0.868. The fraction of sp³-hybridized carbons (Fsp3) is 0.747. The first-order chi connectivity index (χ1) is 40.0. The molecule has 1 atom stereocenters. The van der Waals surface area contributed by atoms with Gasteiger partial charge in [-0.05, 0) is 83.5 Å². The summed E-state index contributed by atoms with van der Waals surface area (Å²) in [6, 6.07) is 0. The zero-order valence-electron chi connectivity index (χ0n) is 53.5. The maximum absolute atomic E-state index is 12.9. The average molecular weight is 1130 g/mol. The van der Waals surface area contributed by atoms with Crippen molar-refractivity contribution >= 4 is 17.9 Å². The summed E-state index contributed by atoms with van der Waals surface area (Å²) in [7, 11) is 0. The van der Waals surface area contributed by atoms with E-state index in [0.29, 0.717) is 19.3 Å². The number of hydrogen-bond acceptors (Lipinski definition) is 6. The first kappa shape index (κ1) is 77.3. The minimum absolute atomic E-state index is 0.0746. The largest absolute Gasteiger partial charge is 0.462 e. The van der Waals surface area contributed by atoms with Crippen LogP contribution in [0, 0.1) is 0 Å². The zero-order valence-corrected chi connectivity index (χ0v) is 53.5. The predicted octanol–water partition coefficient (Wildman–Crippen LogP) is 24.0. The summed E-state index contributed by atoms with van der Waals surface area (Å²) in [4.78, 5) is 38.3. The molecule has 0 aliphatic heterocycles. The molecule has 466 valence electrons. The molecule has 0 saturated heterocycles. The van der Waals surface area contributed by atoms with Gasteiger partial charge in [0.25, 0.3) is 0 Å². The van der Waals surface area contributed by atoms with Crippen LogP contribution in [0.1, 0.15) is 342 Å². The van der Waals surface area contributed by atoms with Gasteiger partial charge in [-0.1, -0.05) is 336 Å². The van der Waals surface area contributed by atoms with Crippen molar-refractivity contribution in [2.45, 2.75) is 348 Å². The zero-order chi connectivity index (χ0) is 58.5. The normalized spacial score (nSPS) is 12.7. The van der Waals surface area contributed by atoms with Gasteiger partial charge in [0.05, 0.1) is 0 Å². The van der Waals surface area contributed by atoms with E-state index < -0.39 is 6.10 Å². The van der Waals surface area contributed by atoms with Crippen LogP contribution in [-0.4, -0.2) is 37.2 Å². The summed E-state index contributed by atoms with van der Waals surface area (Å²) < 4.78 is 16.9. The topological polar surface area (TPSA) is 78.9 Å². The lowest BCUT2D eigenvalue weighted by Crippen LogP contribution is -2.30. The molecule has 0 spiro atoms. The van der Waals surface area contributed by atoms with Gasteiger partial charge in [-0.2, -0.15) is 0 Å². The van der Waals surface area contributed by atoms with E-state index in [0.717, 1.165) is 116 Å². The molecule has 0 heterocycles. The van der Waals surface area contributed by atoms with Gasteiger partial charge < -0.3 is 14.2 Å². The molecular weight excluding hydrogens is 997 g/mol. The Kier molecular flexibility index (Phi) is 65.7. The molecule has 0 fully saturated rings. The van der Waals surface area contributed by atoms with Crippen LogP contribution < -0.4 is 0 Å². The number of hydrogen-bond donors (Lipinski definition) is 0. The lowest BCUT2D eigenvalue weighted by atomic mass is 10.0. The SMILES string of the molecule is CC/C=C\C/C=C\C/C=C\C/C=C\C/C=C\C/C=C\C/C=C\C/C=C\CCCCCCCCCCC(=O)OCC(COC(=O)CCCCCCCCCCCC)OC(=O)CCCCCCCCCCCCCCCCCCCCCC. The standard InChI is InChI=1S/C75H130O6/c1-4-7-10-13-16-19-22-24-26-28-30-32-33-34-35-36-37-38-39-40-41-42-43-44-46-47-49-51-53-56-59-62-65-68-74(77)80-71-72(70-79-73(76)67-64-61-58-55-21-18-15-12-9-6-3)81-75(78)69-66-63-60-57-54-52-50-48-45-31-29-27-25-23-20-17-14-11-8-5-2/h7,10,16,19,24,26,30,32,34-35,37-38,40-41,43-44,72H,4-6,8-9,11-15,17-18,20-23,25,27-29,31,33,36,39,42,45-71H2,1-3H3/b10-7-,19-16-,26-24-,32-30-,35-34-,38-37-,41-40-,44-43-. The van der Waals surface area contributed by atoms with Crippen LogP contribution in [0.5, 0.6) is 0 Å². The number of ether oxygens (including phenoxy) is 3. The van der Waals surface area contributed by atoms with Crippen LogP contribution in [0.2, 0.25) is 0 Å². The molecule has 0 saturated carbocycles. The summed E-state index contributed by atoms with van der Waals surface area (Å²) in [6.07, 6.45) is 92.9. The highest BCUT2D eigenvalue weighted by Crippen LogP contribution is 2.17. The Morgan fingerprint density at radius 2 is 0.481 bits per heavy atom. The highest BCUT2D eigenvalue weighted by atomic mass is 16.6. The quantitative estimate of drug-likeness (QED) is 0.0261. The number of unbranched alkanes of at least 4 members (excludes halogenated alkanes) is 36. The molecule has 6 heteroatoms. The Labute approximate surface area is 502 Å². The molecule has 0 radical (unpaired) electrons. The van der Waals surface area contributed by atoms with Gasteiger partial charge in [-0.3, -0.25) is 14.4 Å². The van der Waals surface area contributed by atoms with Gasteiger partial charge in [0, 0.05) is 19.3 Å². The number of allylic oxidation sites excluding steroid dienone is 16. The summed E-state index contributed by atoms with van der Waals surface area (Å²) in [5, 5.41) is 0. The molecule has 6 nitrogen and oxygen atoms in total. The number of carbonyl (C=O) groups excluding carboxylic acids is 3. The molecule has 0 aromatic rings. The van der Waals surface area contributed by atoms with E-state index in [1.165, 1.54) is 186 Å². The van der Waals surface area contributed by atoms with Crippen molar-refractivity contribution in [1.82, 2.24) is 0 Å². The van der Waals surface area contributed by atoms with E-state index in [2.05, 4.69) is 118 Å². The van der Waals surface area contributed by atoms with Crippen LogP contribution in [0.3, 0.4) is 0 Å². The van der Waals surface area contributed by atoms with Gasteiger partial charge in [-0.25, -0.2) is 0 Å². The van der Waals surface area contributed by atoms with Crippen molar-refractivity contribution in [2.75, 3.05) is 13.2 Å². The average Bonchev–Trinajstić information content (AvgIpc) is 3.47. The number of carbonyl (C=O) groups is 3. The van der Waals surface area contributed by atoms with E-state index in [-0.39, 0.29) is 31.1 Å². The predicted molar refractivity (Wildman–Crippen MR) is 353 cm³/mol. The molecule has 0 bridgehead atoms. The van der Waals surface area contributed by atoms with Crippen molar-refractivity contribution in [1.29, 1.82) is 0 Å². The van der Waals surface area contributed by atoms with Crippen molar-refractivity contribution < 1.29 is 28.6 Å². The van der Waals surface area contributed by atoms with Gasteiger partial charge in [-0.15, -0.1) is 0 Å². The highest BCUT2D eigenvalue weighted by Gasteiger charge is 2.19. The van der Waals surface area contributed by atoms with Crippen LogP contribution in [-0.2, 0) is 28.6 Å². The molecule has 81 heavy (non-hydrogen) atoms. The van der Waals surface area contributed by atoms with Crippen molar-refractivity contribution in [3.05, 3.63) is 97.2 Å². The smallest absolute Gasteiger partial charge is 0.306 e. The molecule has 0 N–H and O–H groups in total. The van der Waals surface area contributed by atoms with Crippen LogP contribution in [0.4, 0.5) is 0 Å². The van der Waals surface area contributed by atoms with Crippen LogP contribution >= 0.6 is 0 Å².